The van der Waals surface area contributed by atoms with E-state index in [1.165, 1.54) is 44.9 Å². The summed E-state index contributed by atoms with van der Waals surface area (Å²) < 4.78 is 39.4. The van der Waals surface area contributed by atoms with Gasteiger partial charge in [0.05, 0.1) is 19.8 Å². The minimum Gasteiger partial charge on any atom is -0.462 e. The molecule has 2 N–H and O–H groups in total. The van der Waals surface area contributed by atoms with Gasteiger partial charge < -0.3 is 24.2 Å². The molecule has 0 radical (unpaired) electrons. The molecule has 0 aliphatic rings. The van der Waals surface area contributed by atoms with Crippen molar-refractivity contribution in [3.05, 3.63) is 134 Å². The van der Waals surface area contributed by atoms with Gasteiger partial charge in [-0.25, -0.2) is 4.57 Å². The molecule has 0 aromatic rings. The van der Waals surface area contributed by atoms with Gasteiger partial charge in [-0.05, 0) is 103 Å². The predicted octanol–water partition coefficient (Wildman–Crippen LogP) is 17.4. The number of esters is 3. The van der Waals surface area contributed by atoms with E-state index in [2.05, 4.69) is 142 Å². The Morgan fingerprint density at radius 3 is 1.13 bits per heavy atom. The maximum absolute atomic E-state index is 12.9. The van der Waals surface area contributed by atoms with E-state index in [0.717, 1.165) is 103 Å². The van der Waals surface area contributed by atoms with E-state index < -0.39 is 57.8 Å². The Kier molecular flexibility index (Phi) is 53.5. The lowest BCUT2D eigenvalue weighted by Crippen LogP contribution is -2.30. The Morgan fingerprint density at radius 2 is 0.711 bits per heavy atom. The van der Waals surface area contributed by atoms with E-state index in [1.807, 2.05) is 12.2 Å². The molecule has 0 heterocycles. The number of phosphoric acid groups is 1. The van der Waals surface area contributed by atoms with Crippen LogP contribution in [0.4, 0.5) is 0 Å². The Hall–Kier alpha value is -4.38. The highest BCUT2D eigenvalue weighted by Gasteiger charge is 2.28. The summed E-state index contributed by atoms with van der Waals surface area (Å²) in [6.07, 6.45) is 71.4. The molecule has 0 spiro atoms. The Morgan fingerprint density at radius 1 is 0.382 bits per heavy atom. The van der Waals surface area contributed by atoms with Crippen molar-refractivity contribution < 1.29 is 52.2 Å². The van der Waals surface area contributed by atoms with Crippen molar-refractivity contribution in [2.24, 2.45) is 0 Å². The Balaban J connectivity index is 4.92. The van der Waals surface area contributed by atoms with Crippen LogP contribution in [0.3, 0.4) is 0 Å². The quantitative estimate of drug-likeness (QED) is 0.0197. The molecule has 3 atom stereocenters. The first-order valence-corrected chi connectivity index (χ1v) is 30.6. The van der Waals surface area contributed by atoms with Crippen molar-refractivity contribution in [3.63, 3.8) is 0 Å². The summed E-state index contributed by atoms with van der Waals surface area (Å²) in [5.41, 5.74) is 0. The van der Waals surface area contributed by atoms with Gasteiger partial charge in [0, 0.05) is 19.3 Å². The molecule has 0 fully saturated rings. The highest BCUT2D eigenvalue weighted by molar-refractivity contribution is 7.47. The number of aliphatic hydroxyl groups is 1. The van der Waals surface area contributed by atoms with E-state index >= 15 is 0 Å². The SMILES string of the molecule is CC/C=C\C/C=C\C/C=C\C/C=C\C/C=C\C/C=C\CCC(=O)OC(COC(=O)CCCCC/C=C\C/C=C\C/C=C\C/C=C\C/C=C\CC)COP(=O)(O)OCC(CO)OC(=O)CCCCCCCCCCCCC. The molecule has 0 bridgehead atoms. The van der Waals surface area contributed by atoms with Crippen LogP contribution >= 0.6 is 7.82 Å². The van der Waals surface area contributed by atoms with Crippen molar-refractivity contribution in [2.75, 3.05) is 26.4 Å². The molecule has 11 nitrogen and oxygen atoms in total. The molecule has 0 aromatic carbocycles. The summed E-state index contributed by atoms with van der Waals surface area (Å²) in [5, 5.41) is 9.80. The average molecular weight is 1080 g/mol. The number of hydrogen-bond acceptors (Lipinski definition) is 10. The topological polar surface area (TPSA) is 155 Å². The van der Waals surface area contributed by atoms with Crippen LogP contribution in [0.2, 0.25) is 0 Å². The molecule has 430 valence electrons. The zero-order valence-electron chi connectivity index (χ0n) is 47.4. The van der Waals surface area contributed by atoms with Crippen LogP contribution in [0.1, 0.15) is 213 Å². The van der Waals surface area contributed by atoms with Gasteiger partial charge in [0.1, 0.15) is 12.7 Å². The summed E-state index contributed by atoms with van der Waals surface area (Å²) in [4.78, 5) is 48.5. The molecule has 0 saturated carbocycles. The Bertz CT molecular complexity index is 1780. The molecule has 76 heavy (non-hydrogen) atoms. The van der Waals surface area contributed by atoms with Gasteiger partial charge >= 0.3 is 25.7 Å². The van der Waals surface area contributed by atoms with E-state index in [1.54, 1.807) is 0 Å². The number of hydrogen-bond donors (Lipinski definition) is 2. The third kappa shape index (κ3) is 54.4. The van der Waals surface area contributed by atoms with Crippen molar-refractivity contribution >= 4 is 25.7 Å². The lowest BCUT2D eigenvalue weighted by atomic mass is 10.1. The van der Waals surface area contributed by atoms with Gasteiger partial charge in [-0.15, -0.1) is 0 Å². The number of aliphatic hydroxyl groups excluding tert-OH is 1. The molecule has 0 rings (SSSR count). The largest absolute Gasteiger partial charge is 0.472 e. The number of ether oxygens (including phenoxy) is 3. The van der Waals surface area contributed by atoms with Crippen molar-refractivity contribution in [2.45, 2.75) is 226 Å². The lowest BCUT2D eigenvalue weighted by molar-refractivity contribution is -0.161. The molecule has 0 aliphatic heterocycles. The fourth-order valence-electron chi connectivity index (χ4n) is 7.23. The van der Waals surface area contributed by atoms with E-state index in [9.17, 15) is 28.9 Å². The monoisotopic (exact) mass is 1080 g/mol. The minimum atomic E-state index is -4.78. The maximum atomic E-state index is 12.9. The van der Waals surface area contributed by atoms with Crippen LogP contribution in [-0.4, -0.2) is 66.5 Å². The lowest BCUT2D eigenvalue weighted by Gasteiger charge is -2.21. The van der Waals surface area contributed by atoms with Crippen LogP contribution in [-0.2, 0) is 42.2 Å². The minimum absolute atomic E-state index is 0.0283. The summed E-state index contributed by atoms with van der Waals surface area (Å²) in [6, 6.07) is 0. The van der Waals surface area contributed by atoms with E-state index in [0.29, 0.717) is 25.7 Å². The summed E-state index contributed by atoms with van der Waals surface area (Å²) in [7, 11) is -4.78. The Labute approximate surface area is 461 Å². The predicted molar refractivity (Wildman–Crippen MR) is 316 cm³/mol. The highest BCUT2D eigenvalue weighted by atomic mass is 31.2. The first kappa shape index (κ1) is 71.6. The fraction of sp³-hybridized carbons (Fsp3) is 0.609. The van der Waals surface area contributed by atoms with Gasteiger partial charge in [-0.3, -0.25) is 23.4 Å². The van der Waals surface area contributed by atoms with Crippen molar-refractivity contribution in [3.8, 4) is 0 Å². The second-order valence-corrected chi connectivity index (χ2v) is 20.1. The third-order valence-corrected chi connectivity index (χ3v) is 12.5. The molecule has 12 heteroatoms. The smallest absolute Gasteiger partial charge is 0.462 e. The molecule has 0 amide bonds. The molecular weight excluding hydrogens is 976 g/mol. The molecule has 0 saturated heterocycles. The van der Waals surface area contributed by atoms with Crippen LogP contribution < -0.4 is 0 Å². The van der Waals surface area contributed by atoms with Crippen molar-refractivity contribution in [1.29, 1.82) is 0 Å². The van der Waals surface area contributed by atoms with Crippen LogP contribution in [0.25, 0.3) is 0 Å². The zero-order valence-corrected chi connectivity index (χ0v) is 48.3. The summed E-state index contributed by atoms with van der Waals surface area (Å²) >= 11 is 0. The normalized spacial score (nSPS) is 14.3. The number of phosphoric ester groups is 1. The van der Waals surface area contributed by atoms with Crippen LogP contribution in [0.5, 0.6) is 0 Å². The fourth-order valence-corrected chi connectivity index (χ4v) is 8.01. The van der Waals surface area contributed by atoms with Crippen LogP contribution in [0.15, 0.2) is 134 Å². The second-order valence-electron chi connectivity index (χ2n) is 18.7. The first-order chi connectivity index (χ1) is 37.2. The maximum Gasteiger partial charge on any atom is 0.472 e. The van der Waals surface area contributed by atoms with Gasteiger partial charge in [0.15, 0.2) is 6.10 Å². The van der Waals surface area contributed by atoms with Gasteiger partial charge in [-0.2, -0.15) is 0 Å². The number of allylic oxidation sites excluding steroid dienone is 22. The van der Waals surface area contributed by atoms with E-state index in [4.69, 9.17) is 23.3 Å². The molecule has 0 aliphatic carbocycles. The molecule has 0 aromatic heterocycles. The number of unbranched alkanes of at least 4 members (excludes halogenated alkanes) is 13. The van der Waals surface area contributed by atoms with Crippen molar-refractivity contribution in [1.82, 2.24) is 0 Å². The third-order valence-electron chi connectivity index (χ3n) is 11.6. The average Bonchev–Trinajstić information content (AvgIpc) is 3.41. The molecule has 3 unspecified atom stereocenters. The standard InChI is InChI=1S/C64H103O11P/c1-4-7-10-13-16-19-22-24-26-28-30-32-34-36-39-41-44-47-50-53-62(66)71-57-61(75-64(68)55-52-49-46-43-40-37-35-33-31-29-27-25-23-20-17-14-11-8-5-2)59-73-76(69,70)72-58-60(56-65)74-63(67)54-51-48-45-42-38-21-18-15-12-9-6-3/h7-8,10-11,16-17,19-20,24-27,30-33,36-37,39-40,46,49,60-61,65H,4-6,9,12-15,18,21-23,28-29,34-35,38,41-45,47-48,50-59H2,1-3H3,(H,69,70)/b10-7-,11-8-,19-16-,20-17-,26-24-,27-25-,32-30-,33-31-,39-36-,40-37-,49-46-. The number of rotatable bonds is 52. The van der Waals surface area contributed by atoms with Gasteiger partial charge in [0.2, 0.25) is 0 Å². The van der Waals surface area contributed by atoms with E-state index in [-0.39, 0.29) is 25.9 Å². The highest BCUT2D eigenvalue weighted by Crippen LogP contribution is 2.43. The summed E-state index contributed by atoms with van der Waals surface area (Å²) in [5.74, 6) is -1.62. The second kappa shape index (κ2) is 56.8. The van der Waals surface area contributed by atoms with Gasteiger partial charge in [0.25, 0.3) is 0 Å². The van der Waals surface area contributed by atoms with Gasteiger partial charge in [-0.1, -0.05) is 225 Å². The zero-order chi connectivity index (χ0) is 55.5. The van der Waals surface area contributed by atoms with Crippen LogP contribution in [0, 0.1) is 0 Å². The number of carbonyl (C=O) groups is 3. The first-order valence-electron chi connectivity index (χ1n) is 29.1. The number of carbonyl (C=O) groups excluding carboxylic acids is 3. The summed E-state index contributed by atoms with van der Waals surface area (Å²) in [6.45, 7) is 4.27. The molecular formula is C64H103O11P.